The van der Waals surface area contributed by atoms with Gasteiger partial charge in [-0.3, -0.25) is 9.69 Å². The van der Waals surface area contributed by atoms with Crippen molar-refractivity contribution in [3.63, 3.8) is 0 Å². The summed E-state index contributed by atoms with van der Waals surface area (Å²) in [6.07, 6.45) is 3.68. The molecule has 1 fully saturated rings. The lowest BCUT2D eigenvalue weighted by Crippen LogP contribution is -2.43. The molecule has 0 unspecified atom stereocenters. The van der Waals surface area contributed by atoms with Crippen molar-refractivity contribution < 1.29 is 4.79 Å². The predicted octanol–water partition coefficient (Wildman–Crippen LogP) is 1.28. The Morgan fingerprint density at radius 1 is 1.25 bits per heavy atom. The molecular weight excluding hydrogens is 252 g/mol. The van der Waals surface area contributed by atoms with E-state index in [4.69, 9.17) is 0 Å². The Morgan fingerprint density at radius 3 is 2.70 bits per heavy atom. The summed E-state index contributed by atoms with van der Waals surface area (Å²) in [5.74, 6) is 0.0619. The summed E-state index contributed by atoms with van der Waals surface area (Å²) in [6.45, 7) is 6.98. The van der Waals surface area contributed by atoms with Crippen LogP contribution in [0.15, 0.2) is 24.5 Å². The van der Waals surface area contributed by atoms with Gasteiger partial charge in [0.15, 0.2) is 5.78 Å². The van der Waals surface area contributed by atoms with Gasteiger partial charge in [0.1, 0.15) is 0 Å². The molecule has 0 N–H and O–H groups in total. The van der Waals surface area contributed by atoms with Gasteiger partial charge >= 0.3 is 0 Å². The number of Topliss-reactive ketones (excluding diaryl/α,β-unsaturated/α-hetero) is 1. The maximum Gasteiger partial charge on any atom is 0.163 e. The fraction of sp³-hybridized carbons (Fsp3) is 0.467. The predicted molar refractivity (Wildman–Crippen MR) is 78.0 cm³/mol. The van der Waals surface area contributed by atoms with Gasteiger partial charge in [-0.1, -0.05) is 6.07 Å². The second kappa shape index (κ2) is 5.34. The van der Waals surface area contributed by atoms with Gasteiger partial charge in [-0.05, 0) is 25.6 Å². The zero-order chi connectivity index (χ0) is 14.1. The molecule has 0 spiro atoms. The fourth-order valence-corrected chi connectivity index (χ4v) is 2.66. The first-order chi connectivity index (χ1) is 9.63. The van der Waals surface area contributed by atoms with Gasteiger partial charge in [-0.25, -0.2) is 4.52 Å². The number of fused-ring (bicyclic) bond motifs is 1. The van der Waals surface area contributed by atoms with E-state index in [2.05, 4.69) is 28.0 Å². The molecule has 1 saturated heterocycles. The Morgan fingerprint density at radius 2 is 2.00 bits per heavy atom. The van der Waals surface area contributed by atoms with Crippen LogP contribution >= 0.6 is 0 Å². The third-order valence-corrected chi connectivity index (χ3v) is 3.96. The molecule has 2 aromatic heterocycles. The zero-order valence-electron chi connectivity index (χ0n) is 12.0. The Kier molecular flexibility index (Phi) is 3.54. The van der Waals surface area contributed by atoms with Crippen LogP contribution in [0.2, 0.25) is 0 Å². The second-order valence-corrected chi connectivity index (χ2v) is 5.56. The van der Waals surface area contributed by atoms with E-state index in [0.717, 1.165) is 38.2 Å². The third kappa shape index (κ3) is 2.59. The number of hydrogen-bond donors (Lipinski definition) is 0. The molecule has 0 radical (unpaired) electrons. The van der Waals surface area contributed by atoms with Gasteiger partial charge in [0.2, 0.25) is 0 Å². The summed E-state index contributed by atoms with van der Waals surface area (Å²) in [5.41, 5.74) is 2.82. The lowest BCUT2D eigenvalue weighted by atomic mass is 10.1. The van der Waals surface area contributed by atoms with E-state index in [0.29, 0.717) is 5.56 Å². The van der Waals surface area contributed by atoms with Crippen LogP contribution in [0.4, 0.5) is 0 Å². The maximum absolute atomic E-state index is 11.5. The highest BCUT2D eigenvalue weighted by atomic mass is 16.1. The molecule has 0 aliphatic carbocycles. The van der Waals surface area contributed by atoms with Crippen LogP contribution in [0.5, 0.6) is 0 Å². The molecule has 5 nitrogen and oxygen atoms in total. The Hall–Kier alpha value is -1.72. The van der Waals surface area contributed by atoms with E-state index in [1.165, 1.54) is 5.56 Å². The lowest BCUT2D eigenvalue weighted by molar-refractivity contribution is 0.101. The van der Waals surface area contributed by atoms with Crippen molar-refractivity contribution in [3.05, 3.63) is 35.7 Å². The summed E-state index contributed by atoms with van der Waals surface area (Å²) >= 11 is 0. The topological polar surface area (TPSA) is 40.9 Å². The number of aromatic nitrogens is 2. The lowest BCUT2D eigenvalue weighted by Gasteiger charge is -2.32. The van der Waals surface area contributed by atoms with Gasteiger partial charge in [0.05, 0.1) is 17.3 Å². The Labute approximate surface area is 118 Å². The molecule has 106 valence electrons. The summed E-state index contributed by atoms with van der Waals surface area (Å²) in [7, 11) is 2.16. The maximum atomic E-state index is 11.5. The van der Waals surface area contributed by atoms with Gasteiger partial charge < -0.3 is 4.90 Å². The van der Waals surface area contributed by atoms with Crippen LogP contribution in [0, 0.1) is 0 Å². The molecule has 1 aliphatic rings. The first kappa shape index (κ1) is 13.3. The number of pyridine rings is 1. The Balaban J connectivity index is 1.78. The molecular formula is C15H20N4O. The van der Waals surface area contributed by atoms with E-state index in [1.807, 2.05) is 16.8 Å². The van der Waals surface area contributed by atoms with E-state index in [-0.39, 0.29) is 5.78 Å². The average molecular weight is 272 g/mol. The molecule has 2 aromatic rings. The van der Waals surface area contributed by atoms with Crippen molar-refractivity contribution in [1.29, 1.82) is 0 Å². The van der Waals surface area contributed by atoms with E-state index < -0.39 is 0 Å². The molecule has 3 rings (SSSR count). The first-order valence-corrected chi connectivity index (χ1v) is 7.01. The van der Waals surface area contributed by atoms with Crippen LogP contribution in [-0.2, 0) is 6.54 Å². The quantitative estimate of drug-likeness (QED) is 0.789. The highest BCUT2D eigenvalue weighted by Gasteiger charge is 2.14. The molecule has 0 aromatic carbocycles. The van der Waals surface area contributed by atoms with Crippen LogP contribution in [0.3, 0.4) is 0 Å². The van der Waals surface area contributed by atoms with Gasteiger partial charge in [0, 0.05) is 38.9 Å². The van der Waals surface area contributed by atoms with E-state index >= 15 is 0 Å². The van der Waals surface area contributed by atoms with Crippen molar-refractivity contribution in [3.8, 4) is 0 Å². The summed E-state index contributed by atoms with van der Waals surface area (Å²) < 4.78 is 1.81. The van der Waals surface area contributed by atoms with Crippen molar-refractivity contribution in [2.45, 2.75) is 13.5 Å². The van der Waals surface area contributed by atoms with Crippen molar-refractivity contribution >= 4 is 11.3 Å². The van der Waals surface area contributed by atoms with E-state index in [1.54, 1.807) is 13.1 Å². The second-order valence-electron chi connectivity index (χ2n) is 5.56. The third-order valence-electron chi connectivity index (χ3n) is 3.96. The SMILES string of the molecule is CC(=O)c1cnn2cc(CN3CCN(C)CC3)ccc12. The average Bonchev–Trinajstić information content (AvgIpc) is 2.84. The minimum Gasteiger partial charge on any atom is -0.304 e. The molecule has 3 heterocycles. The number of rotatable bonds is 3. The van der Waals surface area contributed by atoms with Crippen LogP contribution in [-0.4, -0.2) is 58.4 Å². The number of carbonyl (C=O) groups is 1. The molecule has 0 bridgehead atoms. The van der Waals surface area contributed by atoms with Gasteiger partial charge in [0.25, 0.3) is 0 Å². The summed E-state index contributed by atoms with van der Waals surface area (Å²) in [6, 6.07) is 4.09. The largest absolute Gasteiger partial charge is 0.304 e. The minimum atomic E-state index is 0.0619. The number of carbonyl (C=O) groups excluding carboxylic acids is 1. The number of nitrogens with zero attached hydrogens (tertiary/aromatic N) is 4. The molecule has 20 heavy (non-hydrogen) atoms. The molecule has 5 heteroatoms. The smallest absolute Gasteiger partial charge is 0.163 e. The standard InChI is InChI=1S/C15H20N4O/c1-12(20)14-9-16-19-11-13(3-4-15(14)19)10-18-7-5-17(2)6-8-18/h3-4,9,11H,5-8,10H2,1-2H3. The summed E-state index contributed by atoms with van der Waals surface area (Å²) in [4.78, 5) is 16.3. The Bertz CT molecular complexity index is 626. The van der Waals surface area contributed by atoms with Crippen LogP contribution in [0.25, 0.3) is 5.52 Å². The van der Waals surface area contributed by atoms with Crippen molar-refractivity contribution in [1.82, 2.24) is 19.4 Å². The monoisotopic (exact) mass is 272 g/mol. The van der Waals surface area contributed by atoms with Crippen molar-refractivity contribution in [2.24, 2.45) is 0 Å². The number of piperazine rings is 1. The molecule has 0 atom stereocenters. The van der Waals surface area contributed by atoms with E-state index in [9.17, 15) is 4.79 Å². The van der Waals surface area contributed by atoms with Crippen LogP contribution < -0.4 is 0 Å². The highest BCUT2D eigenvalue weighted by molar-refractivity contribution is 6.00. The van der Waals surface area contributed by atoms with Gasteiger partial charge in [-0.15, -0.1) is 0 Å². The normalized spacial score (nSPS) is 17.7. The molecule has 1 aliphatic heterocycles. The van der Waals surface area contributed by atoms with Crippen molar-refractivity contribution in [2.75, 3.05) is 33.2 Å². The molecule has 0 amide bonds. The molecule has 0 saturated carbocycles. The number of ketones is 1. The minimum absolute atomic E-state index is 0.0619. The van der Waals surface area contributed by atoms with Crippen LogP contribution in [0.1, 0.15) is 22.8 Å². The number of likely N-dealkylation sites (N-methyl/N-ethyl adjacent to an activating group) is 1. The zero-order valence-corrected chi connectivity index (χ0v) is 12.0. The number of hydrogen-bond acceptors (Lipinski definition) is 4. The summed E-state index contributed by atoms with van der Waals surface area (Å²) in [5, 5.41) is 4.27. The van der Waals surface area contributed by atoms with Gasteiger partial charge in [-0.2, -0.15) is 5.10 Å². The first-order valence-electron chi connectivity index (χ1n) is 7.01. The highest BCUT2D eigenvalue weighted by Crippen LogP contribution is 2.14. The fourth-order valence-electron chi connectivity index (χ4n) is 2.66.